The third-order valence-corrected chi connectivity index (χ3v) is 8.76. The molecule has 3 atom stereocenters. The second kappa shape index (κ2) is 9.62. The lowest BCUT2D eigenvalue weighted by molar-refractivity contribution is -0.139. The molecule has 4 heterocycles. The van der Waals surface area contributed by atoms with Crippen LogP contribution in [0.4, 0.5) is 5.69 Å². The van der Waals surface area contributed by atoms with Crippen LogP contribution in [0.2, 0.25) is 0 Å². The Balaban J connectivity index is 1.37. The summed E-state index contributed by atoms with van der Waals surface area (Å²) in [7, 11) is 3.10. The van der Waals surface area contributed by atoms with E-state index in [-0.39, 0.29) is 23.8 Å². The smallest absolute Gasteiger partial charge is 0.257 e. The summed E-state index contributed by atoms with van der Waals surface area (Å²) >= 11 is 0. The highest BCUT2D eigenvalue weighted by atomic mass is 16.5. The van der Waals surface area contributed by atoms with E-state index in [1.54, 1.807) is 30.2 Å². The van der Waals surface area contributed by atoms with Crippen LogP contribution in [0.1, 0.15) is 41.6 Å². The number of carbonyl (C=O) groups is 3. The highest BCUT2D eigenvalue weighted by Gasteiger charge is 2.67. The molecule has 38 heavy (non-hydrogen) atoms. The molecular formula is C29H34N4O5. The molecule has 0 aromatic heterocycles. The first-order chi connectivity index (χ1) is 18.5. The number of nitrogens with one attached hydrogen (secondary N) is 1. The van der Waals surface area contributed by atoms with Gasteiger partial charge in [-0.2, -0.15) is 0 Å². The third-order valence-electron chi connectivity index (χ3n) is 8.76. The molecule has 200 valence electrons. The highest BCUT2D eigenvalue weighted by Crippen LogP contribution is 2.57. The van der Waals surface area contributed by atoms with Crippen LogP contribution in [0.25, 0.3) is 0 Å². The maximum atomic E-state index is 14.5. The molecule has 2 aromatic carbocycles. The summed E-state index contributed by atoms with van der Waals surface area (Å²) in [5, 5.41) is 3.11. The van der Waals surface area contributed by atoms with Crippen molar-refractivity contribution in [1.29, 1.82) is 0 Å². The Kier molecular flexibility index (Phi) is 6.26. The van der Waals surface area contributed by atoms with Gasteiger partial charge < -0.3 is 24.6 Å². The summed E-state index contributed by atoms with van der Waals surface area (Å²) in [6, 6.07) is 13.3. The Morgan fingerprint density at radius 2 is 1.84 bits per heavy atom. The van der Waals surface area contributed by atoms with Gasteiger partial charge in [-0.15, -0.1) is 0 Å². The zero-order chi connectivity index (χ0) is 26.4. The Morgan fingerprint density at radius 3 is 2.66 bits per heavy atom. The van der Waals surface area contributed by atoms with Crippen molar-refractivity contribution >= 4 is 23.4 Å². The van der Waals surface area contributed by atoms with E-state index in [1.807, 2.05) is 29.2 Å². The van der Waals surface area contributed by atoms with Gasteiger partial charge in [0.25, 0.3) is 11.8 Å². The van der Waals surface area contributed by atoms with Crippen LogP contribution in [-0.4, -0.2) is 80.5 Å². The van der Waals surface area contributed by atoms with Crippen LogP contribution in [0, 0.1) is 5.92 Å². The molecule has 2 bridgehead atoms. The van der Waals surface area contributed by atoms with Crippen molar-refractivity contribution in [1.82, 2.24) is 15.1 Å². The molecule has 0 aliphatic carbocycles. The molecule has 9 nitrogen and oxygen atoms in total. The van der Waals surface area contributed by atoms with Crippen LogP contribution < -0.4 is 19.7 Å². The number of rotatable bonds is 3. The average Bonchev–Trinajstić information content (AvgIpc) is 3.60. The molecule has 0 saturated carbocycles. The summed E-state index contributed by atoms with van der Waals surface area (Å²) in [5.41, 5.74) is 1.22. The molecule has 6 rings (SSSR count). The average molecular weight is 519 g/mol. The van der Waals surface area contributed by atoms with Gasteiger partial charge in [0.05, 0.1) is 25.7 Å². The Labute approximate surface area is 222 Å². The fourth-order valence-electron chi connectivity index (χ4n) is 7.07. The maximum Gasteiger partial charge on any atom is 0.257 e. The molecule has 1 N–H and O–H groups in total. The number of hydrogen-bond donors (Lipinski definition) is 1. The van der Waals surface area contributed by atoms with Crippen molar-refractivity contribution < 1.29 is 23.9 Å². The summed E-state index contributed by atoms with van der Waals surface area (Å²) < 4.78 is 10.8. The van der Waals surface area contributed by atoms with Crippen molar-refractivity contribution in [2.45, 2.75) is 37.3 Å². The van der Waals surface area contributed by atoms with Crippen molar-refractivity contribution in [3.05, 3.63) is 53.6 Å². The van der Waals surface area contributed by atoms with Crippen molar-refractivity contribution in [3.8, 4) is 11.5 Å². The van der Waals surface area contributed by atoms with Gasteiger partial charge in [-0.05, 0) is 50.4 Å². The second-order valence-corrected chi connectivity index (χ2v) is 10.5. The van der Waals surface area contributed by atoms with E-state index >= 15 is 0 Å². The Morgan fingerprint density at radius 1 is 1.00 bits per heavy atom. The molecule has 3 amide bonds. The topological polar surface area (TPSA) is 91.4 Å². The van der Waals surface area contributed by atoms with E-state index in [0.717, 1.165) is 30.6 Å². The van der Waals surface area contributed by atoms with Crippen LogP contribution >= 0.6 is 0 Å². The molecule has 3 fully saturated rings. The number of hydrogen-bond acceptors (Lipinski definition) is 6. The monoisotopic (exact) mass is 518 g/mol. The van der Waals surface area contributed by atoms with E-state index in [2.05, 4.69) is 10.2 Å². The number of nitrogens with zero attached hydrogens (tertiary/aromatic N) is 3. The number of benzene rings is 2. The lowest BCUT2D eigenvalue weighted by Crippen LogP contribution is -2.57. The number of fused-ring (bicyclic) bond motifs is 4. The molecule has 1 spiro atoms. The summed E-state index contributed by atoms with van der Waals surface area (Å²) in [6.07, 6.45) is 3.35. The highest BCUT2D eigenvalue weighted by molar-refractivity contribution is 6.11. The zero-order valence-electron chi connectivity index (χ0n) is 21.9. The molecule has 3 saturated heterocycles. The minimum absolute atomic E-state index is 0.0433. The molecule has 4 aliphatic rings. The van der Waals surface area contributed by atoms with Gasteiger partial charge in [0.15, 0.2) is 0 Å². The lowest BCUT2D eigenvalue weighted by Gasteiger charge is -2.38. The first-order valence-electron chi connectivity index (χ1n) is 13.5. The van der Waals surface area contributed by atoms with Crippen molar-refractivity contribution in [3.63, 3.8) is 0 Å². The van der Waals surface area contributed by atoms with Crippen molar-refractivity contribution in [2.24, 2.45) is 5.92 Å². The standard InChI is InChI=1S/C29H34N4O5/c1-37-20-10-11-21(25(18-20)38-2)27(35)31-13-6-12-30-26(34)23-17-19-7-5-14-33(19)29(23)22-8-3-4-9-24(22)32(16-15-31)28(29)36/h3-4,8-11,18-19,23H,5-7,12-17H2,1-2H3,(H,30,34)/t19-,23+,29+/m0/s1. The van der Waals surface area contributed by atoms with Crippen LogP contribution in [0.5, 0.6) is 11.5 Å². The number of amides is 3. The van der Waals surface area contributed by atoms with Gasteiger partial charge in [0.1, 0.15) is 17.0 Å². The van der Waals surface area contributed by atoms with E-state index in [1.165, 1.54) is 7.11 Å². The summed E-state index contributed by atoms with van der Waals surface area (Å²) in [4.78, 5) is 47.7. The van der Waals surface area contributed by atoms with E-state index in [0.29, 0.717) is 56.1 Å². The van der Waals surface area contributed by atoms with Crippen LogP contribution in [0.15, 0.2) is 42.5 Å². The largest absolute Gasteiger partial charge is 0.497 e. The first kappa shape index (κ1) is 24.7. The molecule has 0 unspecified atom stereocenters. The molecule has 0 radical (unpaired) electrons. The molecule has 4 aliphatic heterocycles. The predicted molar refractivity (Wildman–Crippen MR) is 141 cm³/mol. The third kappa shape index (κ3) is 3.59. The Hall–Kier alpha value is -3.59. The fraction of sp³-hybridized carbons (Fsp3) is 0.483. The number of anilines is 1. The van der Waals surface area contributed by atoms with Crippen molar-refractivity contribution in [2.75, 3.05) is 51.8 Å². The van der Waals surface area contributed by atoms with E-state index in [4.69, 9.17) is 9.47 Å². The normalized spacial score (nSPS) is 27.1. The quantitative estimate of drug-likeness (QED) is 0.671. The summed E-state index contributed by atoms with van der Waals surface area (Å²) in [5.74, 6) is 0.320. The van der Waals surface area contributed by atoms with Crippen LogP contribution in [-0.2, 0) is 15.1 Å². The van der Waals surface area contributed by atoms with Gasteiger partial charge >= 0.3 is 0 Å². The summed E-state index contributed by atoms with van der Waals surface area (Å²) in [6.45, 7) is 2.42. The lowest BCUT2D eigenvalue weighted by atomic mass is 9.78. The first-order valence-corrected chi connectivity index (χ1v) is 13.5. The van der Waals surface area contributed by atoms with Gasteiger partial charge in [-0.1, -0.05) is 18.2 Å². The van der Waals surface area contributed by atoms with Gasteiger partial charge in [-0.3, -0.25) is 19.3 Å². The fourth-order valence-corrected chi connectivity index (χ4v) is 7.07. The SMILES string of the molecule is COc1ccc(C(=O)N2CCCNC(=O)[C@H]3C[C@@H]4CCCN4[C@@]34C(=O)N(CC2)c2ccccc24)c(OC)c1. The Bertz CT molecular complexity index is 1280. The number of ether oxygens (including phenoxy) is 2. The van der Waals surface area contributed by atoms with Gasteiger partial charge in [-0.25, -0.2) is 0 Å². The van der Waals surface area contributed by atoms with Gasteiger partial charge in [0.2, 0.25) is 5.91 Å². The minimum Gasteiger partial charge on any atom is -0.497 e. The predicted octanol–water partition coefficient (Wildman–Crippen LogP) is 2.39. The van der Waals surface area contributed by atoms with Crippen LogP contribution in [0.3, 0.4) is 0 Å². The molecule has 9 heteroatoms. The zero-order valence-corrected chi connectivity index (χ0v) is 21.9. The minimum atomic E-state index is -0.977. The number of para-hydroxylation sites is 1. The number of methoxy groups -OCH3 is 2. The van der Waals surface area contributed by atoms with E-state index < -0.39 is 11.5 Å². The van der Waals surface area contributed by atoms with E-state index in [9.17, 15) is 14.4 Å². The second-order valence-electron chi connectivity index (χ2n) is 10.5. The molecular weight excluding hydrogens is 484 g/mol. The molecule has 2 aromatic rings. The maximum absolute atomic E-state index is 14.5. The van der Waals surface area contributed by atoms with Gasteiger partial charge in [0, 0.05) is 49.5 Å². The number of carbonyl (C=O) groups excluding carboxylic acids is 3.